The van der Waals surface area contributed by atoms with Crippen molar-refractivity contribution in [1.29, 1.82) is 0 Å². The molecule has 0 bridgehead atoms. The van der Waals surface area contributed by atoms with Crippen molar-refractivity contribution in [2.45, 2.75) is 13.3 Å². The fourth-order valence-corrected chi connectivity index (χ4v) is 1.76. The van der Waals surface area contributed by atoms with Gasteiger partial charge in [0.1, 0.15) is 11.5 Å². The van der Waals surface area contributed by atoms with Crippen molar-refractivity contribution >= 4 is 11.6 Å². The third-order valence-corrected chi connectivity index (χ3v) is 2.55. The van der Waals surface area contributed by atoms with E-state index in [0.29, 0.717) is 5.15 Å². The van der Waals surface area contributed by atoms with Gasteiger partial charge >= 0.3 is 0 Å². The molecule has 0 aromatic carbocycles. The summed E-state index contributed by atoms with van der Waals surface area (Å²) in [6, 6.07) is 0. The van der Waals surface area contributed by atoms with Crippen LogP contribution in [0.25, 0.3) is 11.3 Å². The first kappa shape index (κ1) is 10.1. The van der Waals surface area contributed by atoms with Gasteiger partial charge in [-0.05, 0) is 6.42 Å². The fourth-order valence-electron chi connectivity index (χ4n) is 1.50. The standard InChI is InChI=1S/C10H11ClN4/c1-3-8-9(12-6-13-10(8)11)7-4-14-15(2)5-7/h4-6H,3H2,1-2H3. The molecule has 2 rings (SSSR count). The summed E-state index contributed by atoms with van der Waals surface area (Å²) in [6.07, 6.45) is 5.98. The molecule has 2 heterocycles. The molecule has 0 saturated heterocycles. The Kier molecular flexibility index (Phi) is 2.68. The lowest BCUT2D eigenvalue weighted by molar-refractivity contribution is 0.768. The molecule has 0 aliphatic carbocycles. The molecule has 0 N–H and O–H groups in total. The third-order valence-electron chi connectivity index (χ3n) is 2.22. The van der Waals surface area contributed by atoms with Gasteiger partial charge in [0, 0.05) is 24.4 Å². The molecule has 0 atom stereocenters. The Labute approximate surface area is 92.9 Å². The average Bonchev–Trinajstić information content (AvgIpc) is 2.64. The molecule has 2 aromatic rings. The van der Waals surface area contributed by atoms with Crippen LogP contribution in [0.15, 0.2) is 18.7 Å². The van der Waals surface area contributed by atoms with Crippen molar-refractivity contribution in [2.24, 2.45) is 7.05 Å². The summed E-state index contributed by atoms with van der Waals surface area (Å²) >= 11 is 6.01. The first-order valence-corrected chi connectivity index (χ1v) is 5.08. The lowest BCUT2D eigenvalue weighted by atomic mass is 10.1. The molecule has 0 spiro atoms. The smallest absolute Gasteiger partial charge is 0.136 e. The van der Waals surface area contributed by atoms with Crippen LogP contribution in [0.1, 0.15) is 12.5 Å². The highest BCUT2D eigenvalue weighted by Gasteiger charge is 2.10. The predicted octanol–water partition coefficient (Wildman–Crippen LogP) is 2.09. The van der Waals surface area contributed by atoms with Crippen molar-refractivity contribution in [3.63, 3.8) is 0 Å². The Balaban J connectivity index is 2.57. The first-order chi connectivity index (χ1) is 7.22. The largest absolute Gasteiger partial charge is 0.275 e. The monoisotopic (exact) mass is 222 g/mol. The van der Waals surface area contributed by atoms with Crippen LogP contribution >= 0.6 is 11.6 Å². The number of aryl methyl sites for hydroxylation is 1. The zero-order chi connectivity index (χ0) is 10.8. The van der Waals surface area contributed by atoms with Gasteiger partial charge in [-0.25, -0.2) is 9.97 Å². The normalized spacial score (nSPS) is 10.6. The maximum absolute atomic E-state index is 6.01. The molecule has 2 aromatic heterocycles. The third kappa shape index (κ3) is 1.85. The van der Waals surface area contributed by atoms with Crippen LogP contribution < -0.4 is 0 Å². The van der Waals surface area contributed by atoms with Crippen molar-refractivity contribution in [1.82, 2.24) is 19.7 Å². The Hall–Kier alpha value is -1.42. The second-order valence-electron chi connectivity index (χ2n) is 3.25. The maximum atomic E-state index is 6.01. The van der Waals surface area contributed by atoms with Crippen molar-refractivity contribution in [3.8, 4) is 11.3 Å². The summed E-state index contributed by atoms with van der Waals surface area (Å²) in [5, 5.41) is 4.63. The SMILES string of the molecule is CCc1c(Cl)ncnc1-c1cnn(C)c1. The van der Waals surface area contributed by atoms with Crippen LogP contribution in [0.2, 0.25) is 5.15 Å². The molecule has 0 amide bonds. The Morgan fingerprint density at radius 2 is 2.20 bits per heavy atom. The number of nitrogens with zero attached hydrogens (tertiary/aromatic N) is 4. The molecule has 0 aliphatic rings. The van der Waals surface area contributed by atoms with Gasteiger partial charge < -0.3 is 0 Å². The minimum Gasteiger partial charge on any atom is -0.275 e. The molecule has 0 fully saturated rings. The number of hydrogen-bond acceptors (Lipinski definition) is 3. The van der Waals surface area contributed by atoms with E-state index in [1.54, 1.807) is 10.9 Å². The van der Waals surface area contributed by atoms with E-state index in [1.165, 1.54) is 6.33 Å². The van der Waals surface area contributed by atoms with Gasteiger partial charge in [-0.2, -0.15) is 5.10 Å². The topological polar surface area (TPSA) is 43.6 Å². The quantitative estimate of drug-likeness (QED) is 0.731. The highest BCUT2D eigenvalue weighted by Crippen LogP contribution is 2.25. The Morgan fingerprint density at radius 1 is 1.40 bits per heavy atom. The fraction of sp³-hybridized carbons (Fsp3) is 0.300. The summed E-state index contributed by atoms with van der Waals surface area (Å²) in [5.74, 6) is 0. The van der Waals surface area contributed by atoms with E-state index < -0.39 is 0 Å². The highest BCUT2D eigenvalue weighted by molar-refractivity contribution is 6.30. The zero-order valence-electron chi connectivity index (χ0n) is 8.61. The lowest BCUT2D eigenvalue weighted by Crippen LogP contribution is -1.94. The van der Waals surface area contributed by atoms with Crippen LogP contribution in [0.4, 0.5) is 0 Å². The number of halogens is 1. The molecule has 0 radical (unpaired) electrons. The van der Waals surface area contributed by atoms with E-state index in [2.05, 4.69) is 15.1 Å². The number of hydrogen-bond donors (Lipinski definition) is 0. The van der Waals surface area contributed by atoms with Gasteiger partial charge in [0.25, 0.3) is 0 Å². The molecule has 78 valence electrons. The molecule has 4 nitrogen and oxygen atoms in total. The summed E-state index contributed by atoms with van der Waals surface area (Å²) in [7, 11) is 1.87. The van der Waals surface area contributed by atoms with E-state index in [0.717, 1.165) is 23.2 Å². The van der Waals surface area contributed by atoms with E-state index >= 15 is 0 Å². The minimum absolute atomic E-state index is 0.520. The van der Waals surface area contributed by atoms with Gasteiger partial charge in [0.05, 0.1) is 11.9 Å². The summed E-state index contributed by atoms with van der Waals surface area (Å²) in [6.45, 7) is 2.03. The summed E-state index contributed by atoms with van der Waals surface area (Å²) < 4.78 is 1.74. The summed E-state index contributed by atoms with van der Waals surface area (Å²) in [4.78, 5) is 8.22. The Bertz CT molecular complexity index is 478. The minimum atomic E-state index is 0.520. The van der Waals surface area contributed by atoms with Gasteiger partial charge in [0.2, 0.25) is 0 Å². The van der Waals surface area contributed by atoms with E-state index in [9.17, 15) is 0 Å². The molecular weight excluding hydrogens is 212 g/mol. The van der Waals surface area contributed by atoms with Gasteiger partial charge in [-0.3, -0.25) is 4.68 Å². The van der Waals surface area contributed by atoms with E-state index in [4.69, 9.17) is 11.6 Å². The van der Waals surface area contributed by atoms with Gasteiger partial charge in [0.15, 0.2) is 0 Å². The van der Waals surface area contributed by atoms with Crippen LogP contribution in [-0.4, -0.2) is 19.7 Å². The second-order valence-corrected chi connectivity index (χ2v) is 3.61. The van der Waals surface area contributed by atoms with E-state index in [1.807, 2.05) is 20.2 Å². The molecule has 15 heavy (non-hydrogen) atoms. The van der Waals surface area contributed by atoms with Crippen molar-refractivity contribution in [3.05, 3.63) is 29.4 Å². The van der Waals surface area contributed by atoms with E-state index in [-0.39, 0.29) is 0 Å². The highest BCUT2D eigenvalue weighted by atomic mass is 35.5. The van der Waals surface area contributed by atoms with Crippen LogP contribution in [0, 0.1) is 0 Å². The average molecular weight is 223 g/mol. The predicted molar refractivity (Wildman–Crippen MR) is 58.6 cm³/mol. The maximum Gasteiger partial charge on any atom is 0.136 e. The molecule has 0 saturated carbocycles. The molecular formula is C10H11ClN4. The van der Waals surface area contributed by atoms with Crippen molar-refractivity contribution < 1.29 is 0 Å². The van der Waals surface area contributed by atoms with Crippen LogP contribution in [0.3, 0.4) is 0 Å². The molecule has 0 unspecified atom stereocenters. The molecule has 0 aliphatic heterocycles. The Morgan fingerprint density at radius 3 is 2.80 bits per heavy atom. The van der Waals surface area contributed by atoms with Gasteiger partial charge in [-0.15, -0.1) is 0 Å². The first-order valence-electron chi connectivity index (χ1n) is 4.70. The molecule has 5 heteroatoms. The van der Waals surface area contributed by atoms with Crippen LogP contribution in [0.5, 0.6) is 0 Å². The number of rotatable bonds is 2. The lowest BCUT2D eigenvalue weighted by Gasteiger charge is -2.04. The second kappa shape index (κ2) is 3.98. The van der Waals surface area contributed by atoms with Crippen molar-refractivity contribution in [2.75, 3.05) is 0 Å². The van der Waals surface area contributed by atoms with Gasteiger partial charge in [-0.1, -0.05) is 18.5 Å². The summed E-state index contributed by atoms with van der Waals surface area (Å²) in [5.41, 5.74) is 2.80. The van der Waals surface area contributed by atoms with Crippen LogP contribution in [-0.2, 0) is 13.5 Å². The zero-order valence-corrected chi connectivity index (χ0v) is 9.36. The number of aromatic nitrogens is 4.